The smallest absolute Gasteiger partial charge is 0.0636 e. The summed E-state index contributed by atoms with van der Waals surface area (Å²) in [6, 6.07) is 7.44. The second kappa shape index (κ2) is 4.30. The van der Waals surface area contributed by atoms with Gasteiger partial charge in [0.25, 0.3) is 0 Å². The highest BCUT2D eigenvalue weighted by atomic mass is 17.2. The fourth-order valence-corrected chi connectivity index (χ4v) is 1.11. The Hall–Kier alpha value is -1.26. The summed E-state index contributed by atoms with van der Waals surface area (Å²) in [6.07, 6.45) is 0. The van der Waals surface area contributed by atoms with Crippen molar-refractivity contribution in [2.45, 2.75) is 26.3 Å². The maximum atomic E-state index is 8.15. The van der Waals surface area contributed by atoms with E-state index in [1.807, 2.05) is 24.3 Å². The standard InChI is InChI=1S/C10H16N2O2/c1-10(2,3)11-8-4-6-9(7-5-8)12-14-13/h4-7,11-13H,1-3H3. The molecule has 4 nitrogen and oxygen atoms in total. The Bertz CT molecular complexity index is 277. The van der Waals surface area contributed by atoms with E-state index < -0.39 is 0 Å². The van der Waals surface area contributed by atoms with Crippen LogP contribution in [0.1, 0.15) is 20.8 Å². The molecule has 0 bridgehead atoms. The molecule has 14 heavy (non-hydrogen) atoms. The highest BCUT2D eigenvalue weighted by Crippen LogP contribution is 2.17. The Kier molecular flexibility index (Phi) is 3.33. The molecule has 0 radical (unpaired) electrons. The zero-order valence-corrected chi connectivity index (χ0v) is 8.66. The third-order valence-electron chi connectivity index (χ3n) is 1.57. The molecule has 0 amide bonds. The quantitative estimate of drug-likeness (QED) is 0.514. The van der Waals surface area contributed by atoms with Gasteiger partial charge in [0.1, 0.15) is 0 Å². The number of rotatable bonds is 3. The summed E-state index contributed by atoms with van der Waals surface area (Å²) < 4.78 is 0. The lowest BCUT2D eigenvalue weighted by atomic mass is 10.1. The molecule has 0 aliphatic carbocycles. The van der Waals surface area contributed by atoms with E-state index in [4.69, 9.17) is 5.26 Å². The van der Waals surface area contributed by atoms with Crippen molar-refractivity contribution in [3.63, 3.8) is 0 Å². The monoisotopic (exact) mass is 196 g/mol. The van der Waals surface area contributed by atoms with E-state index in [9.17, 15) is 0 Å². The van der Waals surface area contributed by atoms with Crippen LogP contribution in [-0.4, -0.2) is 10.8 Å². The largest absolute Gasteiger partial charge is 0.380 e. The van der Waals surface area contributed by atoms with Crippen molar-refractivity contribution in [2.75, 3.05) is 10.8 Å². The highest BCUT2D eigenvalue weighted by Gasteiger charge is 2.08. The Balaban J connectivity index is 2.64. The second-order valence-electron chi connectivity index (χ2n) is 4.15. The third kappa shape index (κ3) is 3.64. The molecular formula is C10H16N2O2. The van der Waals surface area contributed by atoms with Crippen LogP contribution < -0.4 is 10.8 Å². The fraction of sp³-hybridized carbons (Fsp3) is 0.400. The van der Waals surface area contributed by atoms with Gasteiger partial charge in [-0.15, -0.1) is 4.99 Å². The van der Waals surface area contributed by atoms with Crippen LogP contribution in [0.15, 0.2) is 24.3 Å². The molecule has 0 heterocycles. The van der Waals surface area contributed by atoms with Gasteiger partial charge in [0.15, 0.2) is 0 Å². The molecule has 0 aromatic heterocycles. The molecule has 4 heteroatoms. The molecule has 0 atom stereocenters. The van der Waals surface area contributed by atoms with Crippen LogP contribution in [-0.2, 0) is 4.99 Å². The topological polar surface area (TPSA) is 53.5 Å². The van der Waals surface area contributed by atoms with Gasteiger partial charge in [-0.2, -0.15) is 0 Å². The zero-order valence-electron chi connectivity index (χ0n) is 8.66. The van der Waals surface area contributed by atoms with Crippen molar-refractivity contribution in [2.24, 2.45) is 0 Å². The Morgan fingerprint density at radius 1 is 1.07 bits per heavy atom. The van der Waals surface area contributed by atoms with Crippen LogP contribution in [0.3, 0.4) is 0 Å². The molecular weight excluding hydrogens is 180 g/mol. The first kappa shape index (κ1) is 10.8. The average Bonchev–Trinajstić information content (AvgIpc) is 2.06. The van der Waals surface area contributed by atoms with Crippen LogP contribution in [0.2, 0.25) is 0 Å². The van der Waals surface area contributed by atoms with Crippen LogP contribution in [0, 0.1) is 0 Å². The first-order valence-electron chi connectivity index (χ1n) is 4.46. The molecule has 0 unspecified atom stereocenters. The number of benzene rings is 1. The van der Waals surface area contributed by atoms with Crippen molar-refractivity contribution in [3.05, 3.63) is 24.3 Å². The summed E-state index contributed by atoms with van der Waals surface area (Å²) >= 11 is 0. The van der Waals surface area contributed by atoms with Gasteiger partial charge in [0.2, 0.25) is 0 Å². The van der Waals surface area contributed by atoms with Crippen molar-refractivity contribution in [3.8, 4) is 0 Å². The predicted octanol–water partition coefficient (Wildman–Crippen LogP) is 2.71. The summed E-state index contributed by atoms with van der Waals surface area (Å²) in [5.41, 5.74) is 4.10. The third-order valence-corrected chi connectivity index (χ3v) is 1.57. The van der Waals surface area contributed by atoms with E-state index >= 15 is 0 Å². The summed E-state index contributed by atoms with van der Waals surface area (Å²) in [7, 11) is 0. The lowest BCUT2D eigenvalue weighted by Crippen LogP contribution is -2.25. The summed E-state index contributed by atoms with van der Waals surface area (Å²) in [5, 5.41) is 11.5. The van der Waals surface area contributed by atoms with Gasteiger partial charge >= 0.3 is 0 Å². The van der Waals surface area contributed by atoms with Crippen LogP contribution in [0.25, 0.3) is 0 Å². The van der Waals surface area contributed by atoms with E-state index in [0.717, 1.165) is 5.69 Å². The molecule has 1 aromatic carbocycles. The zero-order chi connectivity index (χ0) is 10.6. The average molecular weight is 196 g/mol. The molecule has 0 spiro atoms. The molecule has 1 rings (SSSR count). The first-order valence-corrected chi connectivity index (χ1v) is 4.46. The Morgan fingerprint density at radius 3 is 2.00 bits per heavy atom. The van der Waals surface area contributed by atoms with Gasteiger partial charge < -0.3 is 5.32 Å². The van der Waals surface area contributed by atoms with Gasteiger partial charge in [-0.3, -0.25) is 0 Å². The maximum absolute atomic E-state index is 8.15. The Labute approximate surface area is 83.8 Å². The molecule has 0 aliphatic heterocycles. The van der Waals surface area contributed by atoms with Gasteiger partial charge in [-0.05, 0) is 45.0 Å². The molecule has 3 N–H and O–H groups in total. The molecule has 0 saturated heterocycles. The van der Waals surface area contributed by atoms with Gasteiger partial charge in [0.05, 0.1) is 5.69 Å². The maximum Gasteiger partial charge on any atom is 0.0636 e. The molecule has 78 valence electrons. The first-order chi connectivity index (χ1) is 6.51. The van der Waals surface area contributed by atoms with Crippen molar-refractivity contribution < 1.29 is 10.2 Å². The van der Waals surface area contributed by atoms with Crippen LogP contribution in [0.4, 0.5) is 11.4 Å². The number of hydrogen-bond acceptors (Lipinski definition) is 4. The molecule has 0 fully saturated rings. The predicted molar refractivity (Wildman–Crippen MR) is 57.2 cm³/mol. The summed E-state index contributed by atoms with van der Waals surface area (Å²) in [5.74, 6) is 0. The molecule has 0 aliphatic rings. The van der Waals surface area contributed by atoms with Gasteiger partial charge in [-0.1, -0.05) is 0 Å². The fourth-order valence-electron chi connectivity index (χ4n) is 1.11. The van der Waals surface area contributed by atoms with Crippen molar-refractivity contribution >= 4 is 11.4 Å². The second-order valence-corrected chi connectivity index (χ2v) is 4.15. The number of anilines is 2. The van der Waals surface area contributed by atoms with E-state index in [-0.39, 0.29) is 5.54 Å². The normalized spacial score (nSPS) is 11.1. The minimum Gasteiger partial charge on any atom is -0.380 e. The van der Waals surface area contributed by atoms with Crippen molar-refractivity contribution in [1.82, 2.24) is 0 Å². The van der Waals surface area contributed by atoms with Crippen LogP contribution in [0.5, 0.6) is 0 Å². The molecule has 0 saturated carbocycles. The Morgan fingerprint density at radius 2 is 1.57 bits per heavy atom. The summed E-state index contributed by atoms with van der Waals surface area (Å²) in [4.78, 5) is 3.80. The highest BCUT2D eigenvalue weighted by molar-refractivity contribution is 5.53. The van der Waals surface area contributed by atoms with Crippen molar-refractivity contribution in [1.29, 1.82) is 0 Å². The minimum atomic E-state index is 0.0441. The minimum absolute atomic E-state index is 0.0441. The molecule has 1 aromatic rings. The van der Waals surface area contributed by atoms with Crippen LogP contribution >= 0.6 is 0 Å². The van der Waals surface area contributed by atoms with E-state index in [1.165, 1.54) is 0 Å². The van der Waals surface area contributed by atoms with E-state index in [1.54, 1.807) is 0 Å². The SMILES string of the molecule is CC(C)(C)Nc1ccc(NOO)cc1. The number of hydrogen-bond donors (Lipinski definition) is 3. The van der Waals surface area contributed by atoms with Gasteiger partial charge in [0, 0.05) is 11.2 Å². The van der Waals surface area contributed by atoms with E-state index in [0.29, 0.717) is 5.69 Å². The van der Waals surface area contributed by atoms with Gasteiger partial charge in [-0.25, -0.2) is 10.7 Å². The van der Waals surface area contributed by atoms with E-state index in [2.05, 4.69) is 36.6 Å². The lowest BCUT2D eigenvalue weighted by molar-refractivity contribution is -0.215. The number of nitrogens with one attached hydrogen (secondary N) is 2. The summed E-state index contributed by atoms with van der Waals surface area (Å²) in [6.45, 7) is 6.28. The lowest BCUT2D eigenvalue weighted by Gasteiger charge is -2.22.